The fourth-order valence-corrected chi connectivity index (χ4v) is 3.12. The lowest BCUT2D eigenvalue weighted by Gasteiger charge is -2.30. The standard InChI is InChI=1S/C15H28N4/c1-12(2)7-14(16)15-8-17-11-19(15)10-13-5-4-6-18(3)9-13/h8,11-14H,4-7,9-10,16H2,1-3H3. The monoisotopic (exact) mass is 264 g/mol. The zero-order valence-corrected chi connectivity index (χ0v) is 12.5. The van der Waals surface area contributed by atoms with E-state index in [-0.39, 0.29) is 6.04 Å². The zero-order valence-electron chi connectivity index (χ0n) is 12.5. The van der Waals surface area contributed by atoms with Gasteiger partial charge in [0.15, 0.2) is 0 Å². The lowest BCUT2D eigenvalue weighted by atomic mass is 9.97. The summed E-state index contributed by atoms with van der Waals surface area (Å²) in [6.07, 6.45) is 7.55. The first-order valence-corrected chi connectivity index (χ1v) is 7.50. The summed E-state index contributed by atoms with van der Waals surface area (Å²) in [6.45, 7) is 7.93. The topological polar surface area (TPSA) is 47.1 Å². The third-order valence-electron chi connectivity index (χ3n) is 4.03. The number of imidazole rings is 1. The van der Waals surface area contributed by atoms with Crippen molar-refractivity contribution in [3.63, 3.8) is 0 Å². The summed E-state index contributed by atoms with van der Waals surface area (Å²) in [5.74, 6) is 1.36. The highest BCUT2D eigenvalue weighted by Gasteiger charge is 2.20. The highest BCUT2D eigenvalue weighted by Crippen LogP contribution is 2.22. The van der Waals surface area contributed by atoms with Gasteiger partial charge in [-0.15, -0.1) is 0 Å². The van der Waals surface area contributed by atoms with Crippen molar-refractivity contribution in [1.82, 2.24) is 14.5 Å². The van der Waals surface area contributed by atoms with E-state index in [0.29, 0.717) is 5.92 Å². The number of aromatic nitrogens is 2. The van der Waals surface area contributed by atoms with Gasteiger partial charge in [-0.25, -0.2) is 4.98 Å². The number of rotatable bonds is 5. The first-order valence-electron chi connectivity index (χ1n) is 7.50. The zero-order chi connectivity index (χ0) is 13.8. The molecule has 1 aromatic heterocycles. The van der Waals surface area contributed by atoms with Crippen LogP contribution in [0.15, 0.2) is 12.5 Å². The van der Waals surface area contributed by atoms with Gasteiger partial charge in [0, 0.05) is 25.3 Å². The van der Waals surface area contributed by atoms with Gasteiger partial charge in [0.1, 0.15) is 0 Å². The lowest BCUT2D eigenvalue weighted by Crippen LogP contribution is -2.34. The highest BCUT2D eigenvalue weighted by molar-refractivity contribution is 5.05. The van der Waals surface area contributed by atoms with Crippen LogP contribution in [0.5, 0.6) is 0 Å². The fraction of sp³-hybridized carbons (Fsp3) is 0.800. The summed E-state index contributed by atoms with van der Waals surface area (Å²) in [4.78, 5) is 6.73. The molecule has 1 aliphatic heterocycles. The predicted molar refractivity (Wildman–Crippen MR) is 78.8 cm³/mol. The molecule has 108 valence electrons. The van der Waals surface area contributed by atoms with Crippen molar-refractivity contribution in [1.29, 1.82) is 0 Å². The molecule has 19 heavy (non-hydrogen) atoms. The summed E-state index contributed by atoms with van der Waals surface area (Å²) in [7, 11) is 2.21. The van der Waals surface area contributed by atoms with Gasteiger partial charge in [-0.2, -0.15) is 0 Å². The fourth-order valence-electron chi connectivity index (χ4n) is 3.12. The number of nitrogens with two attached hydrogens (primary N) is 1. The average Bonchev–Trinajstić information content (AvgIpc) is 2.76. The largest absolute Gasteiger partial charge is 0.333 e. The van der Waals surface area contributed by atoms with Gasteiger partial charge in [0.2, 0.25) is 0 Å². The lowest BCUT2D eigenvalue weighted by molar-refractivity contribution is 0.193. The maximum Gasteiger partial charge on any atom is 0.0948 e. The van der Waals surface area contributed by atoms with E-state index in [0.717, 1.165) is 18.9 Å². The van der Waals surface area contributed by atoms with Crippen LogP contribution in [0.4, 0.5) is 0 Å². The second-order valence-electron chi connectivity index (χ2n) is 6.48. The molecular formula is C15H28N4. The van der Waals surface area contributed by atoms with E-state index in [2.05, 4.69) is 35.3 Å². The van der Waals surface area contributed by atoms with Crippen molar-refractivity contribution in [3.05, 3.63) is 18.2 Å². The van der Waals surface area contributed by atoms with Gasteiger partial charge < -0.3 is 15.2 Å². The van der Waals surface area contributed by atoms with Crippen LogP contribution >= 0.6 is 0 Å². The molecule has 1 aromatic rings. The summed E-state index contributed by atoms with van der Waals surface area (Å²) in [5, 5.41) is 0. The molecule has 0 amide bonds. The summed E-state index contributed by atoms with van der Waals surface area (Å²) >= 11 is 0. The Bertz CT molecular complexity index is 385. The van der Waals surface area contributed by atoms with Crippen LogP contribution in [0.3, 0.4) is 0 Å². The Balaban J connectivity index is 1.98. The van der Waals surface area contributed by atoms with Gasteiger partial charge in [0.05, 0.1) is 12.0 Å². The summed E-state index contributed by atoms with van der Waals surface area (Å²) < 4.78 is 2.27. The minimum atomic E-state index is 0.115. The normalized spacial score (nSPS) is 22.9. The molecule has 1 saturated heterocycles. The Morgan fingerprint density at radius 3 is 2.95 bits per heavy atom. The molecule has 0 aliphatic carbocycles. The van der Waals surface area contributed by atoms with Crippen LogP contribution in [-0.4, -0.2) is 34.6 Å². The van der Waals surface area contributed by atoms with Crippen LogP contribution in [0.25, 0.3) is 0 Å². The van der Waals surface area contributed by atoms with Gasteiger partial charge in [-0.05, 0) is 44.7 Å². The van der Waals surface area contributed by atoms with E-state index >= 15 is 0 Å². The van der Waals surface area contributed by atoms with Crippen LogP contribution in [0.2, 0.25) is 0 Å². The average molecular weight is 264 g/mol. The number of hydrogen-bond donors (Lipinski definition) is 1. The molecular weight excluding hydrogens is 236 g/mol. The minimum Gasteiger partial charge on any atom is -0.333 e. The van der Waals surface area contributed by atoms with Gasteiger partial charge in [-0.1, -0.05) is 13.8 Å². The molecule has 1 fully saturated rings. The van der Waals surface area contributed by atoms with Crippen LogP contribution < -0.4 is 5.73 Å². The molecule has 0 aromatic carbocycles. The Morgan fingerprint density at radius 2 is 2.26 bits per heavy atom. The van der Waals surface area contributed by atoms with E-state index < -0.39 is 0 Å². The second kappa shape index (κ2) is 6.53. The minimum absolute atomic E-state index is 0.115. The maximum absolute atomic E-state index is 6.30. The van der Waals surface area contributed by atoms with E-state index in [1.807, 2.05) is 12.5 Å². The molecule has 1 aliphatic rings. The molecule has 0 spiro atoms. The quantitative estimate of drug-likeness (QED) is 0.887. The molecule has 2 unspecified atom stereocenters. The van der Waals surface area contributed by atoms with Crippen molar-refractivity contribution in [3.8, 4) is 0 Å². The molecule has 0 saturated carbocycles. The molecule has 2 heterocycles. The third kappa shape index (κ3) is 4.05. The van der Waals surface area contributed by atoms with Crippen LogP contribution in [0, 0.1) is 11.8 Å². The van der Waals surface area contributed by atoms with E-state index in [1.165, 1.54) is 31.6 Å². The molecule has 0 bridgehead atoms. The summed E-state index contributed by atoms with van der Waals surface area (Å²) in [6, 6.07) is 0.115. The predicted octanol–water partition coefficient (Wildman–Crippen LogP) is 2.27. The number of piperidine rings is 1. The molecule has 2 rings (SSSR count). The van der Waals surface area contributed by atoms with Crippen LogP contribution in [0.1, 0.15) is 44.8 Å². The summed E-state index contributed by atoms with van der Waals surface area (Å²) in [5.41, 5.74) is 7.50. The molecule has 2 N–H and O–H groups in total. The van der Waals surface area contributed by atoms with Crippen molar-refractivity contribution in [2.45, 2.75) is 45.7 Å². The van der Waals surface area contributed by atoms with Gasteiger partial charge in [-0.3, -0.25) is 0 Å². The number of hydrogen-bond acceptors (Lipinski definition) is 3. The molecule has 4 heteroatoms. The maximum atomic E-state index is 6.30. The van der Waals surface area contributed by atoms with Crippen molar-refractivity contribution in [2.75, 3.05) is 20.1 Å². The Kier molecular flexibility index (Phi) is 4.99. The van der Waals surface area contributed by atoms with E-state index in [1.54, 1.807) is 0 Å². The van der Waals surface area contributed by atoms with Crippen molar-refractivity contribution < 1.29 is 0 Å². The molecule has 2 atom stereocenters. The van der Waals surface area contributed by atoms with Crippen molar-refractivity contribution >= 4 is 0 Å². The van der Waals surface area contributed by atoms with E-state index in [9.17, 15) is 0 Å². The Morgan fingerprint density at radius 1 is 1.47 bits per heavy atom. The highest BCUT2D eigenvalue weighted by atomic mass is 15.1. The van der Waals surface area contributed by atoms with Gasteiger partial charge >= 0.3 is 0 Å². The van der Waals surface area contributed by atoms with Gasteiger partial charge in [0.25, 0.3) is 0 Å². The first kappa shape index (κ1) is 14.5. The smallest absolute Gasteiger partial charge is 0.0948 e. The Labute approximate surface area is 117 Å². The SMILES string of the molecule is CC(C)CC(N)c1cncn1CC1CCCN(C)C1. The molecule has 4 nitrogen and oxygen atoms in total. The number of nitrogens with zero attached hydrogens (tertiary/aromatic N) is 3. The van der Waals surface area contributed by atoms with Crippen LogP contribution in [-0.2, 0) is 6.54 Å². The van der Waals surface area contributed by atoms with Crippen molar-refractivity contribution in [2.24, 2.45) is 17.6 Å². The third-order valence-corrected chi connectivity index (χ3v) is 4.03. The van der Waals surface area contributed by atoms with E-state index in [4.69, 9.17) is 5.73 Å². The second-order valence-corrected chi connectivity index (χ2v) is 6.48. The number of likely N-dealkylation sites (tertiary alicyclic amines) is 1. The molecule has 0 radical (unpaired) electrons. The Hall–Kier alpha value is -0.870. The first-order chi connectivity index (χ1) is 9.06.